The molecule has 2 aromatic carbocycles. The number of ether oxygens (including phenoxy) is 3. The van der Waals surface area contributed by atoms with Gasteiger partial charge in [0, 0.05) is 0 Å². The van der Waals surface area contributed by atoms with Crippen molar-refractivity contribution >= 4 is 29.4 Å². The van der Waals surface area contributed by atoms with Gasteiger partial charge in [0.05, 0.1) is 33.6 Å². The fourth-order valence-electron chi connectivity index (χ4n) is 3.68. The van der Waals surface area contributed by atoms with E-state index >= 15 is 0 Å². The zero-order chi connectivity index (χ0) is 25.8. The third-order valence-electron chi connectivity index (χ3n) is 5.61. The van der Waals surface area contributed by atoms with Crippen LogP contribution in [-0.2, 0) is 19.9 Å². The Labute approximate surface area is 202 Å². The summed E-state index contributed by atoms with van der Waals surface area (Å²) in [6.07, 6.45) is 0. The van der Waals surface area contributed by atoms with Crippen LogP contribution >= 0.6 is 0 Å². The zero-order valence-corrected chi connectivity index (χ0v) is 20.2. The average molecular weight is 485 g/mol. The number of nitrogens with one attached hydrogen (secondary N) is 3. The number of rotatable bonds is 9. The third-order valence-corrected chi connectivity index (χ3v) is 5.61. The monoisotopic (exact) mass is 484 g/mol. The van der Waals surface area contributed by atoms with Gasteiger partial charge >= 0.3 is 6.03 Å². The Bertz CT molecular complexity index is 1170. The van der Waals surface area contributed by atoms with Crippen molar-refractivity contribution in [2.45, 2.75) is 19.4 Å². The van der Waals surface area contributed by atoms with E-state index in [0.29, 0.717) is 28.5 Å². The Kier molecular flexibility index (Phi) is 7.48. The second kappa shape index (κ2) is 10.3. The van der Waals surface area contributed by atoms with Crippen LogP contribution in [0, 0.1) is 6.92 Å². The Morgan fingerprint density at radius 1 is 0.943 bits per heavy atom. The number of carbonyl (C=O) groups excluding carboxylic acids is 4. The lowest BCUT2D eigenvalue weighted by atomic mass is 9.91. The maximum atomic E-state index is 13.1. The lowest BCUT2D eigenvalue weighted by Crippen LogP contribution is -2.44. The van der Waals surface area contributed by atoms with Crippen LogP contribution in [0.1, 0.15) is 18.1 Å². The molecular weight excluding hydrogens is 456 g/mol. The minimum absolute atomic E-state index is 0.355. The summed E-state index contributed by atoms with van der Waals surface area (Å²) >= 11 is 0. The molecule has 1 heterocycles. The van der Waals surface area contributed by atoms with Gasteiger partial charge in [0.1, 0.15) is 17.8 Å². The SMILES string of the molecule is COc1ccc(C)cc1NC(=O)CNC(=O)CN1C(=O)NC(C)(c2ccc(OC)c(OC)c2)C1=O. The maximum absolute atomic E-state index is 13.1. The molecule has 186 valence electrons. The van der Waals surface area contributed by atoms with Gasteiger partial charge in [-0.2, -0.15) is 0 Å². The molecule has 0 bridgehead atoms. The molecule has 35 heavy (non-hydrogen) atoms. The lowest BCUT2D eigenvalue weighted by molar-refractivity contribution is -0.135. The second-order valence-corrected chi connectivity index (χ2v) is 8.04. The number of imide groups is 1. The first-order valence-electron chi connectivity index (χ1n) is 10.7. The van der Waals surface area contributed by atoms with E-state index < -0.39 is 35.8 Å². The van der Waals surface area contributed by atoms with Crippen LogP contribution in [0.3, 0.4) is 0 Å². The van der Waals surface area contributed by atoms with Crippen molar-refractivity contribution in [3.8, 4) is 17.2 Å². The van der Waals surface area contributed by atoms with Gasteiger partial charge in [-0.05, 0) is 49.2 Å². The zero-order valence-electron chi connectivity index (χ0n) is 20.2. The fraction of sp³-hybridized carbons (Fsp3) is 0.333. The number of anilines is 1. The molecule has 3 N–H and O–H groups in total. The molecule has 1 unspecified atom stereocenters. The van der Waals surface area contributed by atoms with Crippen LogP contribution in [0.25, 0.3) is 0 Å². The topological polar surface area (TPSA) is 135 Å². The Morgan fingerprint density at radius 3 is 2.26 bits per heavy atom. The first-order valence-corrected chi connectivity index (χ1v) is 10.7. The minimum atomic E-state index is -1.41. The second-order valence-electron chi connectivity index (χ2n) is 8.04. The molecule has 0 aromatic heterocycles. The summed E-state index contributed by atoms with van der Waals surface area (Å²) in [6.45, 7) is 2.50. The normalized spacial score (nSPS) is 17.0. The quantitative estimate of drug-likeness (QED) is 0.460. The molecule has 0 aliphatic carbocycles. The number of carbonyl (C=O) groups is 4. The number of nitrogens with zero attached hydrogens (tertiary/aromatic N) is 1. The summed E-state index contributed by atoms with van der Waals surface area (Å²) < 4.78 is 15.7. The summed E-state index contributed by atoms with van der Waals surface area (Å²) in [4.78, 5) is 51.2. The average Bonchev–Trinajstić information content (AvgIpc) is 3.06. The van der Waals surface area contributed by atoms with Crippen LogP contribution in [0.4, 0.5) is 10.5 Å². The third kappa shape index (κ3) is 5.29. The van der Waals surface area contributed by atoms with Crippen LogP contribution in [0.5, 0.6) is 17.2 Å². The molecule has 1 fully saturated rings. The van der Waals surface area contributed by atoms with Gasteiger partial charge in [-0.15, -0.1) is 0 Å². The summed E-state index contributed by atoms with van der Waals surface area (Å²) in [7, 11) is 4.43. The smallest absolute Gasteiger partial charge is 0.325 e. The highest BCUT2D eigenvalue weighted by molar-refractivity contribution is 6.09. The summed E-state index contributed by atoms with van der Waals surface area (Å²) in [6, 6.07) is 9.41. The Balaban J connectivity index is 1.63. The van der Waals surface area contributed by atoms with Crippen LogP contribution in [0.15, 0.2) is 36.4 Å². The van der Waals surface area contributed by atoms with Crippen molar-refractivity contribution in [2.24, 2.45) is 0 Å². The molecule has 3 rings (SSSR count). The number of benzene rings is 2. The first-order chi connectivity index (χ1) is 16.6. The van der Waals surface area contributed by atoms with Gasteiger partial charge < -0.3 is 30.2 Å². The van der Waals surface area contributed by atoms with Crippen molar-refractivity contribution in [1.29, 1.82) is 0 Å². The van der Waals surface area contributed by atoms with E-state index in [1.807, 2.05) is 13.0 Å². The van der Waals surface area contributed by atoms with Gasteiger partial charge in [0.25, 0.3) is 5.91 Å². The maximum Gasteiger partial charge on any atom is 0.325 e. The standard InChI is InChI=1S/C24H28N4O7/c1-14-6-8-17(33-3)16(10-14)26-20(29)12-25-21(30)13-28-22(31)24(2,27-23(28)32)15-7-9-18(34-4)19(11-15)35-5/h6-11H,12-13H2,1-5H3,(H,25,30)(H,26,29)(H,27,32). The highest BCUT2D eigenvalue weighted by Gasteiger charge is 2.49. The van der Waals surface area contributed by atoms with Crippen molar-refractivity contribution in [3.63, 3.8) is 0 Å². The molecule has 1 atom stereocenters. The summed E-state index contributed by atoms with van der Waals surface area (Å²) in [5.41, 5.74) is 0.436. The van der Waals surface area contributed by atoms with E-state index in [-0.39, 0.29) is 6.54 Å². The molecule has 11 nitrogen and oxygen atoms in total. The number of aryl methyl sites for hydroxylation is 1. The van der Waals surface area contributed by atoms with Crippen molar-refractivity contribution in [1.82, 2.24) is 15.5 Å². The van der Waals surface area contributed by atoms with Crippen LogP contribution in [-0.4, -0.2) is 63.1 Å². The Hall–Kier alpha value is -4.28. The molecule has 0 saturated carbocycles. The predicted octanol–water partition coefficient (Wildman–Crippen LogP) is 1.54. The molecule has 0 radical (unpaired) electrons. The number of hydrogen-bond acceptors (Lipinski definition) is 7. The van der Waals surface area contributed by atoms with Crippen LogP contribution in [0.2, 0.25) is 0 Å². The predicted molar refractivity (Wildman–Crippen MR) is 127 cm³/mol. The molecule has 2 aromatic rings. The van der Waals surface area contributed by atoms with Gasteiger partial charge in [-0.25, -0.2) is 4.79 Å². The number of urea groups is 1. The molecular formula is C24H28N4O7. The molecule has 5 amide bonds. The van der Waals surface area contributed by atoms with E-state index in [0.717, 1.165) is 10.5 Å². The first kappa shape index (κ1) is 25.3. The molecule has 1 aliphatic heterocycles. The van der Waals surface area contributed by atoms with Crippen LogP contribution < -0.4 is 30.2 Å². The van der Waals surface area contributed by atoms with Crippen molar-refractivity contribution < 1.29 is 33.4 Å². The van der Waals surface area contributed by atoms with Gasteiger partial charge in [0.2, 0.25) is 11.8 Å². The van der Waals surface area contributed by atoms with Crippen molar-refractivity contribution in [2.75, 3.05) is 39.7 Å². The highest BCUT2D eigenvalue weighted by atomic mass is 16.5. The molecule has 11 heteroatoms. The van der Waals surface area contributed by atoms with Gasteiger partial charge in [-0.1, -0.05) is 12.1 Å². The highest BCUT2D eigenvalue weighted by Crippen LogP contribution is 2.35. The summed E-state index contributed by atoms with van der Waals surface area (Å²) in [5.74, 6) is -0.441. The fourth-order valence-corrected chi connectivity index (χ4v) is 3.68. The molecule has 1 aliphatic rings. The lowest BCUT2D eigenvalue weighted by Gasteiger charge is -2.23. The Morgan fingerprint density at radius 2 is 1.60 bits per heavy atom. The van der Waals surface area contributed by atoms with Gasteiger partial charge in [-0.3, -0.25) is 19.3 Å². The summed E-state index contributed by atoms with van der Waals surface area (Å²) in [5, 5.41) is 7.71. The number of amides is 5. The van der Waals surface area contributed by atoms with E-state index in [1.165, 1.54) is 28.3 Å². The minimum Gasteiger partial charge on any atom is -0.495 e. The molecule has 1 saturated heterocycles. The van der Waals surface area contributed by atoms with E-state index in [2.05, 4.69) is 16.0 Å². The number of methoxy groups -OCH3 is 3. The van der Waals surface area contributed by atoms with E-state index in [4.69, 9.17) is 14.2 Å². The van der Waals surface area contributed by atoms with E-state index in [1.54, 1.807) is 30.3 Å². The van der Waals surface area contributed by atoms with E-state index in [9.17, 15) is 19.2 Å². The van der Waals surface area contributed by atoms with Crippen molar-refractivity contribution in [3.05, 3.63) is 47.5 Å². The largest absolute Gasteiger partial charge is 0.495 e. The van der Waals surface area contributed by atoms with Gasteiger partial charge in [0.15, 0.2) is 11.5 Å². The molecule has 0 spiro atoms. The number of hydrogen-bond donors (Lipinski definition) is 3.